The van der Waals surface area contributed by atoms with Crippen molar-refractivity contribution in [1.29, 1.82) is 0 Å². The number of rotatable bonds is 3. The Morgan fingerprint density at radius 1 is 1.41 bits per heavy atom. The van der Waals surface area contributed by atoms with Crippen LogP contribution in [0.4, 0.5) is 13.2 Å². The van der Waals surface area contributed by atoms with E-state index in [0.717, 1.165) is 12.1 Å². The molecule has 17 heavy (non-hydrogen) atoms. The standard InChI is InChI=1S/C10H9BrF3NO2/c11-6-1-2-7(9(17)15-3-4-16)8(5-6)10(12,13)14/h1-2,5,16H,3-4H2,(H,15,17). The summed E-state index contributed by atoms with van der Waals surface area (Å²) < 4.78 is 38.2. The van der Waals surface area contributed by atoms with Crippen LogP contribution in [-0.4, -0.2) is 24.2 Å². The van der Waals surface area contributed by atoms with Crippen LogP contribution < -0.4 is 5.32 Å². The van der Waals surface area contributed by atoms with E-state index in [1.807, 2.05) is 0 Å². The van der Waals surface area contributed by atoms with E-state index >= 15 is 0 Å². The Morgan fingerprint density at radius 2 is 2.06 bits per heavy atom. The number of alkyl halides is 3. The van der Waals surface area contributed by atoms with Crippen LogP contribution in [0.3, 0.4) is 0 Å². The van der Waals surface area contributed by atoms with Gasteiger partial charge in [-0.1, -0.05) is 15.9 Å². The van der Waals surface area contributed by atoms with Crippen molar-refractivity contribution in [2.45, 2.75) is 6.18 Å². The quantitative estimate of drug-likeness (QED) is 0.899. The molecule has 94 valence electrons. The molecule has 0 bridgehead atoms. The van der Waals surface area contributed by atoms with Crippen LogP contribution in [0.25, 0.3) is 0 Å². The zero-order chi connectivity index (χ0) is 13.1. The van der Waals surface area contributed by atoms with Crippen LogP contribution in [-0.2, 0) is 6.18 Å². The van der Waals surface area contributed by atoms with Crippen molar-refractivity contribution in [3.8, 4) is 0 Å². The summed E-state index contributed by atoms with van der Waals surface area (Å²) in [5, 5.41) is 10.7. The number of benzene rings is 1. The van der Waals surface area contributed by atoms with Crippen LogP contribution in [0.1, 0.15) is 15.9 Å². The SMILES string of the molecule is O=C(NCCO)c1ccc(Br)cc1C(F)(F)F. The fraction of sp³-hybridized carbons (Fsp3) is 0.300. The maximum absolute atomic E-state index is 12.7. The summed E-state index contributed by atoms with van der Waals surface area (Å²) in [5.74, 6) is -0.862. The highest BCUT2D eigenvalue weighted by atomic mass is 79.9. The van der Waals surface area contributed by atoms with Gasteiger partial charge in [0.2, 0.25) is 0 Å². The second kappa shape index (κ2) is 5.50. The number of amides is 1. The molecule has 0 saturated heterocycles. The van der Waals surface area contributed by atoms with E-state index in [1.165, 1.54) is 6.07 Å². The molecule has 0 unspecified atom stereocenters. The Labute approximate surface area is 104 Å². The second-order valence-corrected chi connectivity index (χ2v) is 4.08. The van der Waals surface area contributed by atoms with Crippen LogP contribution in [0.15, 0.2) is 22.7 Å². The number of halogens is 4. The molecule has 3 nitrogen and oxygen atoms in total. The number of aliphatic hydroxyl groups is 1. The molecular formula is C10H9BrF3NO2. The molecule has 0 fully saturated rings. The van der Waals surface area contributed by atoms with Gasteiger partial charge in [0.05, 0.1) is 17.7 Å². The molecule has 0 heterocycles. The van der Waals surface area contributed by atoms with Gasteiger partial charge in [0.25, 0.3) is 5.91 Å². The van der Waals surface area contributed by atoms with Crippen LogP contribution in [0.5, 0.6) is 0 Å². The Hall–Kier alpha value is -1.08. The van der Waals surface area contributed by atoms with Crippen molar-refractivity contribution in [2.24, 2.45) is 0 Å². The predicted molar refractivity (Wildman–Crippen MR) is 58.6 cm³/mol. The molecular weight excluding hydrogens is 303 g/mol. The molecule has 0 aliphatic heterocycles. The maximum atomic E-state index is 12.7. The molecule has 1 rings (SSSR count). The molecule has 0 aromatic heterocycles. The number of carbonyl (C=O) groups excluding carboxylic acids is 1. The van der Waals surface area contributed by atoms with Gasteiger partial charge < -0.3 is 10.4 Å². The minimum atomic E-state index is -4.60. The van der Waals surface area contributed by atoms with Gasteiger partial charge >= 0.3 is 6.18 Å². The smallest absolute Gasteiger partial charge is 0.395 e. The molecule has 1 aromatic carbocycles. The highest BCUT2D eigenvalue weighted by Gasteiger charge is 2.35. The third-order valence-corrected chi connectivity index (χ3v) is 2.42. The molecule has 7 heteroatoms. The summed E-state index contributed by atoms with van der Waals surface area (Å²) in [4.78, 5) is 11.4. The molecule has 0 atom stereocenters. The van der Waals surface area contributed by atoms with Crippen molar-refractivity contribution >= 4 is 21.8 Å². The van der Waals surface area contributed by atoms with Crippen LogP contribution in [0, 0.1) is 0 Å². The molecule has 1 aromatic rings. The third-order valence-electron chi connectivity index (χ3n) is 1.93. The molecule has 0 radical (unpaired) electrons. The van der Waals surface area contributed by atoms with Crippen LogP contribution in [0.2, 0.25) is 0 Å². The average molecular weight is 312 g/mol. The van der Waals surface area contributed by atoms with Crippen molar-refractivity contribution in [3.05, 3.63) is 33.8 Å². The fourth-order valence-electron chi connectivity index (χ4n) is 1.21. The van der Waals surface area contributed by atoms with Gasteiger partial charge in [-0.3, -0.25) is 4.79 Å². The molecule has 0 aliphatic carbocycles. The van der Waals surface area contributed by atoms with E-state index in [-0.39, 0.29) is 17.6 Å². The van der Waals surface area contributed by atoms with Crippen molar-refractivity contribution in [3.63, 3.8) is 0 Å². The van der Waals surface area contributed by atoms with Gasteiger partial charge in [0.15, 0.2) is 0 Å². The zero-order valence-corrected chi connectivity index (χ0v) is 10.1. The summed E-state index contributed by atoms with van der Waals surface area (Å²) in [7, 11) is 0. The van der Waals surface area contributed by atoms with E-state index in [9.17, 15) is 18.0 Å². The molecule has 1 amide bonds. The first kappa shape index (κ1) is 14.0. The lowest BCUT2D eigenvalue weighted by Gasteiger charge is -2.12. The zero-order valence-electron chi connectivity index (χ0n) is 8.51. The van der Waals surface area contributed by atoms with E-state index < -0.39 is 23.2 Å². The topological polar surface area (TPSA) is 49.3 Å². The number of hydrogen-bond acceptors (Lipinski definition) is 2. The number of aliphatic hydroxyl groups excluding tert-OH is 1. The lowest BCUT2D eigenvalue weighted by atomic mass is 10.1. The monoisotopic (exact) mass is 311 g/mol. The van der Waals surface area contributed by atoms with Gasteiger partial charge in [-0.25, -0.2) is 0 Å². The summed E-state index contributed by atoms with van der Waals surface area (Å²) in [6, 6.07) is 3.27. The summed E-state index contributed by atoms with van der Waals surface area (Å²) in [6.07, 6.45) is -4.60. The van der Waals surface area contributed by atoms with Gasteiger partial charge in [0, 0.05) is 11.0 Å². The molecule has 0 saturated carbocycles. The fourth-order valence-corrected chi connectivity index (χ4v) is 1.57. The molecule has 0 aliphatic rings. The van der Waals surface area contributed by atoms with Crippen LogP contribution >= 0.6 is 15.9 Å². The van der Waals surface area contributed by atoms with Gasteiger partial charge in [-0.05, 0) is 18.2 Å². The van der Waals surface area contributed by atoms with Crippen molar-refractivity contribution in [2.75, 3.05) is 13.2 Å². The summed E-state index contributed by atoms with van der Waals surface area (Å²) in [5.41, 5.74) is -1.48. The lowest BCUT2D eigenvalue weighted by Crippen LogP contribution is -2.28. The maximum Gasteiger partial charge on any atom is 0.417 e. The Bertz CT molecular complexity index is 421. The van der Waals surface area contributed by atoms with E-state index in [0.29, 0.717) is 0 Å². The molecule has 2 N–H and O–H groups in total. The van der Waals surface area contributed by atoms with Gasteiger partial charge in [-0.2, -0.15) is 13.2 Å². The lowest BCUT2D eigenvalue weighted by molar-refractivity contribution is -0.138. The van der Waals surface area contributed by atoms with E-state index in [1.54, 1.807) is 0 Å². The Kier molecular flexibility index (Phi) is 4.53. The molecule has 0 spiro atoms. The highest BCUT2D eigenvalue weighted by molar-refractivity contribution is 9.10. The third kappa shape index (κ3) is 3.71. The van der Waals surface area contributed by atoms with E-state index in [2.05, 4.69) is 21.2 Å². The normalized spacial score (nSPS) is 11.4. The minimum Gasteiger partial charge on any atom is -0.395 e. The number of carbonyl (C=O) groups is 1. The van der Waals surface area contributed by atoms with Gasteiger partial charge in [-0.15, -0.1) is 0 Å². The first-order chi connectivity index (χ1) is 7.86. The number of nitrogens with one attached hydrogen (secondary N) is 1. The van der Waals surface area contributed by atoms with Crippen molar-refractivity contribution in [1.82, 2.24) is 5.32 Å². The Balaban J connectivity index is 3.11. The minimum absolute atomic E-state index is 0.0911. The highest BCUT2D eigenvalue weighted by Crippen LogP contribution is 2.33. The Morgan fingerprint density at radius 3 is 2.59 bits per heavy atom. The van der Waals surface area contributed by atoms with E-state index in [4.69, 9.17) is 5.11 Å². The van der Waals surface area contributed by atoms with Crippen molar-refractivity contribution < 1.29 is 23.1 Å². The number of hydrogen-bond donors (Lipinski definition) is 2. The second-order valence-electron chi connectivity index (χ2n) is 3.17. The van der Waals surface area contributed by atoms with Gasteiger partial charge in [0.1, 0.15) is 0 Å². The largest absolute Gasteiger partial charge is 0.417 e. The summed E-state index contributed by atoms with van der Waals surface area (Å²) >= 11 is 2.92. The average Bonchev–Trinajstić information content (AvgIpc) is 2.24. The predicted octanol–water partition coefficient (Wildman–Crippen LogP) is 2.19. The first-order valence-corrected chi connectivity index (χ1v) is 5.41. The summed E-state index contributed by atoms with van der Waals surface area (Å²) in [6.45, 7) is -0.421. The first-order valence-electron chi connectivity index (χ1n) is 4.62.